The van der Waals surface area contributed by atoms with Crippen LogP contribution in [0.15, 0.2) is 22.7 Å². The van der Waals surface area contributed by atoms with E-state index in [1.54, 1.807) is 0 Å². The Balaban J connectivity index is 2.63. The van der Waals surface area contributed by atoms with E-state index in [1.807, 2.05) is 0 Å². The summed E-state index contributed by atoms with van der Waals surface area (Å²) in [4.78, 5) is 22.4. The number of hydrogen-bond donors (Lipinski definition) is 4. The van der Waals surface area contributed by atoms with Crippen LogP contribution in [0.4, 0.5) is 10.5 Å². The van der Waals surface area contributed by atoms with Gasteiger partial charge in [-0.1, -0.05) is 0 Å². The number of carboxylic acids is 1. The van der Waals surface area contributed by atoms with Crippen LogP contribution in [-0.2, 0) is 10.0 Å². The van der Waals surface area contributed by atoms with Crippen molar-refractivity contribution in [2.75, 3.05) is 17.6 Å². The summed E-state index contributed by atoms with van der Waals surface area (Å²) in [6, 6.07) is 3.58. The Labute approximate surface area is 123 Å². The Hall–Kier alpha value is -1.65. The zero-order chi connectivity index (χ0) is 15.3. The van der Waals surface area contributed by atoms with Crippen LogP contribution in [0.25, 0.3) is 0 Å². The molecule has 0 aliphatic heterocycles. The summed E-state index contributed by atoms with van der Waals surface area (Å²) in [5, 5.41) is 18.4. The van der Waals surface area contributed by atoms with Gasteiger partial charge in [-0.15, -0.1) is 0 Å². The maximum absolute atomic E-state index is 11.4. The van der Waals surface area contributed by atoms with Gasteiger partial charge in [0, 0.05) is 16.7 Å². The maximum Gasteiger partial charge on any atom is 0.336 e. The normalized spacial score (nSPS) is 10.9. The Bertz CT molecular complexity index is 632. The van der Waals surface area contributed by atoms with Gasteiger partial charge in [0.25, 0.3) is 0 Å². The Kier molecular flexibility index (Phi) is 5.48. The molecule has 0 atom stereocenters. The first kappa shape index (κ1) is 16.4. The Morgan fingerprint density at radius 1 is 1.35 bits per heavy atom. The molecular formula is C10H12BrN3O5S. The van der Waals surface area contributed by atoms with Gasteiger partial charge in [-0.2, -0.15) is 0 Å². The molecule has 0 saturated heterocycles. The smallest absolute Gasteiger partial charge is 0.336 e. The number of carboxylic acid groups (broad SMARTS) is 1. The number of anilines is 1. The van der Waals surface area contributed by atoms with E-state index >= 15 is 0 Å². The lowest BCUT2D eigenvalue weighted by Crippen LogP contribution is -2.34. The van der Waals surface area contributed by atoms with Crippen molar-refractivity contribution in [2.45, 2.75) is 0 Å². The number of nitrogens with two attached hydrogens (primary N) is 1. The fraction of sp³-hybridized carbons (Fsp3) is 0.200. The number of aromatic carboxylic acids is 1. The third-order valence-corrected chi connectivity index (χ3v) is 3.59. The number of sulfonamides is 1. The summed E-state index contributed by atoms with van der Waals surface area (Å²) in [6.45, 7) is -0.146. The van der Waals surface area contributed by atoms with Gasteiger partial charge in [0.1, 0.15) is 0 Å². The van der Waals surface area contributed by atoms with Crippen LogP contribution in [0.5, 0.6) is 0 Å². The second kappa shape index (κ2) is 6.68. The average Bonchev–Trinajstić information content (AvgIpc) is 2.29. The minimum Gasteiger partial charge on any atom is -0.478 e. The number of carbonyl (C=O) groups excluding carboxylic acids is 1. The summed E-state index contributed by atoms with van der Waals surface area (Å²) in [5.74, 6) is -1.53. The van der Waals surface area contributed by atoms with Gasteiger partial charge in [0.15, 0.2) is 0 Å². The van der Waals surface area contributed by atoms with E-state index in [-0.39, 0.29) is 23.5 Å². The topological polar surface area (TPSA) is 139 Å². The van der Waals surface area contributed by atoms with Gasteiger partial charge in [0.2, 0.25) is 10.0 Å². The van der Waals surface area contributed by atoms with Gasteiger partial charge < -0.3 is 15.7 Å². The van der Waals surface area contributed by atoms with Gasteiger partial charge in [-0.25, -0.2) is 23.1 Å². The monoisotopic (exact) mass is 365 g/mol. The van der Waals surface area contributed by atoms with Crippen LogP contribution in [0.2, 0.25) is 0 Å². The molecule has 0 unspecified atom stereocenters. The van der Waals surface area contributed by atoms with Crippen LogP contribution >= 0.6 is 15.9 Å². The molecule has 1 aromatic carbocycles. The predicted octanol–water partition coefficient (Wildman–Crippen LogP) is 0.557. The van der Waals surface area contributed by atoms with E-state index in [4.69, 9.17) is 10.2 Å². The molecule has 0 aliphatic carbocycles. The lowest BCUT2D eigenvalue weighted by atomic mass is 10.2. The Morgan fingerprint density at radius 2 is 2.00 bits per heavy atom. The minimum atomic E-state index is -3.64. The van der Waals surface area contributed by atoms with E-state index in [1.165, 1.54) is 18.2 Å². The highest BCUT2D eigenvalue weighted by Gasteiger charge is 2.10. The molecule has 8 nitrogen and oxygen atoms in total. The van der Waals surface area contributed by atoms with Gasteiger partial charge in [0.05, 0.1) is 11.3 Å². The fourth-order valence-corrected chi connectivity index (χ4v) is 2.05. The number of halogens is 1. The molecule has 0 aliphatic rings. The number of carbonyl (C=O) groups is 2. The third kappa shape index (κ3) is 5.55. The lowest BCUT2D eigenvalue weighted by molar-refractivity contribution is 0.0696. The number of rotatable bonds is 5. The van der Waals surface area contributed by atoms with Crippen LogP contribution in [0.1, 0.15) is 10.4 Å². The summed E-state index contributed by atoms with van der Waals surface area (Å²) in [7, 11) is -3.64. The zero-order valence-corrected chi connectivity index (χ0v) is 12.5. The molecule has 2 amide bonds. The fourth-order valence-electron chi connectivity index (χ4n) is 1.25. The quantitative estimate of drug-likeness (QED) is 0.603. The summed E-state index contributed by atoms with van der Waals surface area (Å²) < 4.78 is 21.7. The van der Waals surface area contributed by atoms with Gasteiger partial charge in [-0.3, -0.25) is 0 Å². The highest BCUT2D eigenvalue weighted by molar-refractivity contribution is 9.10. The first-order chi connectivity index (χ1) is 9.19. The predicted molar refractivity (Wildman–Crippen MR) is 76.1 cm³/mol. The van der Waals surface area contributed by atoms with E-state index in [0.29, 0.717) is 4.47 Å². The molecule has 0 heterocycles. The second-order valence-corrected chi connectivity index (χ2v) is 6.34. The highest BCUT2D eigenvalue weighted by Crippen LogP contribution is 2.21. The number of hydrogen-bond acceptors (Lipinski definition) is 4. The largest absolute Gasteiger partial charge is 0.478 e. The van der Waals surface area contributed by atoms with Crippen LogP contribution < -0.4 is 15.8 Å². The van der Waals surface area contributed by atoms with E-state index in [0.717, 1.165) is 0 Å². The van der Waals surface area contributed by atoms with Crippen LogP contribution in [0.3, 0.4) is 0 Å². The first-order valence-electron chi connectivity index (χ1n) is 5.27. The average molecular weight is 366 g/mol. The standard InChI is InChI=1S/C10H12BrN3O5S/c11-8-2-1-6(5-7(8)9(15)16)14-10(17)13-3-4-20(12,18)19/h1-2,5H,3-4H2,(H,15,16)(H2,12,18,19)(H2,13,14,17). The lowest BCUT2D eigenvalue weighted by Gasteiger charge is -2.08. The molecule has 0 radical (unpaired) electrons. The molecule has 0 fully saturated rings. The molecule has 0 saturated carbocycles. The summed E-state index contributed by atoms with van der Waals surface area (Å²) >= 11 is 3.07. The van der Waals surface area contributed by atoms with E-state index < -0.39 is 22.0 Å². The summed E-state index contributed by atoms with van der Waals surface area (Å²) in [6.07, 6.45) is 0. The number of urea groups is 1. The van der Waals surface area contributed by atoms with Gasteiger partial charge in [-0.05, 0) is 34.1 Å². The minimum absolute atomic E-state index is 0.00710. The number of primary sulfonamides is 1. The van der Waals surface area contributed by atoms with Crippen molar-refractivity contribution in [3.05, 3.63) is 28.2 Å². The zero-order valence-electron chi connectivity index (χ0n) is 10.1. The van der Waals surface area contributed by atoms with E-state index in [9.17, 15) is 18.0 Å². The SMILES string of the molecule is NS(=O)(=O)CCNC(=O)Nc1ccc(Br)c(C(=O)O)c1. The molecule has 0 aromatic heterocycles. The first-order valence-corrected chi connectivity index (χ1v) is 7.78. The van der Waals surface area contributed by atoms with E-state index in [2.05, 4.69) is 26.6 Å². The molecule has 1 rings (SSSR count). The molecule has 0 spiro atoms. The van der Waals surface area contributed by atoms with Gasteiger partial charge >= 0.3 is 12.0 Å². The second-order valence-electron chi connectivity index (χ2n) is 3.75. The molecule has 1 aromatic rings. The maximum atomic E-state index is 11.4. The number of nitrogens with one attached hydrogen (secondary N) is 2. The van der Waals surface area contributed by atoms with Crippen molar-refractivity contribution in [2.24, 2.45) is 5.14 Å². The molecule has 5 N–H and O–H groups in total. The van der Waals surface area contributed by atoms with Crippen molar-refractivity contribution >= 4 is 43.6 Å². The molecular weight excluding hydrogens is 354 g/mol. The van der Waals surface area contributed by atoms with Crippen molar-refractivity contribution in [3.8, 4) is 0 Å². The van der Waals surface area contributed by atoms with Crippen LogP contribution in [-0.4, -0.2) is 37.8 Å². The number of benzene rings is 1. The van der Waals surface area contributed by atoms with Crippen molar-refractivity contribution in [3.63, 3.8) is 0 Å². The van der Waals surface area contributed by atoms with Crippen molar-refractivity contribution in [1.82, 2.24) is 5.32 Å². The highest BCUT2D eigenvalue weighted by atomic mass is 79.9. The molecule has 110 valence electrons. The third-order valence-electron chi connectivity index (χ3n) is 2.13. The number of amides is 2. The summed E-state index contributed by atoms with van der Waals surface area (Å²) in [5.41, 5.74) is 0.256. The van der Waals surface area contributed by atoms with Crippen molar-refractivity contribution < 1.29 is 23.1 Å². The molecule has 0 bridgehead atoms. The molecule has 10 heteroatoms. The van der Waals surface area contributed by atoms with Crippen LogP contribution in [0, 0.1) is 0 Å². The Morgan fingerprint density at radius 3 is 2.55 bits per heavy atom. The van der Waals surface area contributed by atoms with Crippen molar-refractivity contribution in [1.29, 1.82) is 0 Å². The molecule has 20 heavy (non-hydrogen) atoms.